The average Bonchev–Trinajstić information content (AvgIpc) is 3.00. The van der Waals surface area contributed by atoms with Crippen molar-refractivity contribution in [3.05, 3.63) is 39.2 Å². The Kier molecular flexibility index (Phi) is 4.49. The molecule has 0 unspecified atom stereocenters. The molecule has 7 nitrogen and oxygen atoms in total. The van der Waals surface area contributed by atoms with Crippen LogP contribution in [0.5, 0.6) is 0 Å². The van der Waals surface area contributed by atoms with Gasteiger partial charge in [0.05, 0.1) is 11.4 Å². The van der Waals surface area contributed by atoms with E-state index in [0.717, 1.165) is 16.5 Å². The molecule has 0 aliphatic carbocycles. The third-order valence-electron chi connectivity index (χ3n) is 2.53. The smallest absolute Gasteiger partial charge is 0.328 e. The van der Waals surface area contributed by atoms with Crippen LogP contribution in [0.3, 0.4) is 0 Å². The van der Waals surface area contributed by atoms with Crippen molar-refractivity contribution in [1.82, 2.24) is 15.5 Å². The zero-order valence-corrected chi connectivity index (χ0v) is 12.2. The van der Waals surface area contributed by atoms with Crippen LogP contribution in [-0.2, 0) is 11.3 Å². The van der Waals surface area contributed by atoms with Gasteiger partial charge >= 0.3 is 5.97 Å². The number of thiophene rings is 1. The summed E-state index contributed by atoms with van der Waals surface area (Å²) in [7, 11) is 0. The summed E-state index contributed by atoms with van der Waals surface area (Å²) in [6, 6.07) is 1.71. The fourth-order valence-corrected chi connectivity index (χ4v) is 2.57. The van der Waals surface area contributed by atoms with E-state index in [1.54, 1.807) is 13.0 Å². The lowest BCUT2D eigenvalue weighted by atomic mass is 10.2. The number of carboxylic acid groups (broad SMARTS) is 1. The zero-order chi connectivity index (χ0) is 15.4. The number of carbonyl (C=O) groups excluding carboxylic acids is 1. The Labute approximate surface area is 124 Å². The van der Waals surface area contributed by atoms with E-state index >= 15 is 0 Å². The van der Waals surface area contributed by atoms with E-state index in [1.807, 2.05) is 6.92 Å². The number of aryl methyl sites for hydroxylation is 2. The normalized spacial score (nSPS) is 11.0. The molecule has 0 aromatic carbocycles. The van der Waals surface area contributed by atoms with Crippen molar-refractivity contribution in [2.24, 2.45) is 0 Å². The fourth-order valence-electron chi connectivity index (χ4n) is 1.58. The van der Waals surface area contributed by atoms with E-state index in [9.17, 15) is 9.59 Å². The highest BCUT2D eigenvalue weighted by Gasteiger charge is 2.12. The topological polar surface area (TPSA) is 105 Å². The second-order valence-electron chi connectivity index (χ2n) is 4.24. The van der Waals surface area contributed by atoms with Crippen LogP contribution < -0.4 is 5.32 Å². The lowest BCUT2D eigenvalue weighted by molar-refractivity contribution is -0.131. The third kappa shape index (κ3) is 3.99. The van der Waals surface area contributed by atoms with E-state index in [4.69, 9.17) is 9.63 Å². The molecule has 0 saturated heterocycles. The van der Waals surface area contributed by atoms with E-state index in [2.05, 4.69) is 15.5 Å². The molecule has 0 aliphatic rings. The van der Waals surface area contributed by atoms with E-state index in [-0.39, 0.29) is 12.5 Å². The fraction of sp³-hybridized carbons (Fsp3) is 0.231. The molecule has 2 N–H and O–H groups in total. The summed E-state index contributed by atoms with van der Waals surface area (Å²) in [5.41, 5.74) is 0.845. The molecule has 2 aromatic rings. The number of aromatic nitrogens is 2. The predicted molar refractivity (Wildman–Crippen MR) is 75.9 cm³/mol. The monoisotopic (exact) mass is 307 g/mol. The summed E-state index contributed by atoms with van der Waals surface area (Å²) in [6.45, 7) is 3.66. The Balaban J connectivity index is 2.02. The second-order valence-corrected chi connectivity index (χ2v) is 5.33. The maximum atomic E-state index is 12.0. The Bertz CT molecular complexity index is 702. The Morgan fingerprint density at radius 1 is 1.48 bits per heavy atom. The number of carbonyl (C=O) groups is 2. The van der Waals surface area contributed by atoms with Crippen molar-refractivity contribution in [2.45, 2.75) is 20.4 Å². The minimum atomic E-state index is -1.03. The Morgan fingerprint density at radius 2 is 2.24 bits per heavy atom. The molecule has 2 heterocycles. The van der Waals surface area contributed by atoms with Crippen LogP contribution >= 0.6 is 11.3 Å². The summed E-state index contributed by atoms with van der Waals surface area (Å²) < 4.78 is 4.81. The highest BCUT2D eigenvalue weighted by molar-refractivity contribution is 7.15. The number of amides is 1. The van der Waals surface area contributed by atoms with Crippen LogP contribution in [0.4, 0.5) is 0 Å². The van der Waals surface area contributed by atoms with Gasteiger partial charge in [0, 0.05) is 17.9 Å². The molecule has 8 heteroatoms. The van der Waals surface area contributed by atoms with Gasteiger partial charge in [0.1, 0.15) is 0 Å². The maximum Gasteiger partial charge on any atom is 0.328 e. The predicted octanol–water partition coefficient (Wildman–Crippen LogP) is 1.78. The third-order valence-corrected chi connectivity index (χ3v) is 3.74. The number of hydrogen-bond donors (Lipinski definition) is 2. The van der Waals surface area contributed by atoms with Gasteiger partial charge in [-0.2, -0.15) is 4.98 Å². The molecule has 1 amide bonds. The zero-order valence-electron chi connectivity index (χ0n) is 11.4. The first-order valence-electron chi connectivity index (χ1n) is 6.04. The van der Waals surface area contributed by atoms with Gasteiger partial charge in [0.2, 0.25) is 5.89 Å². The molecular formula is C13H13N3O4S. The van der Waals surface area contributed by atoms with Gasteiger partial charge in [-0.1, -0.05) is 5.16 Å². The molecule has 0 fully saturated rings. The second kappa shape index (κ2) is 6.31. The SMILES string of the molecule is Cc1nc(CNC(=O)c2cc(C)c(/C=C/C(=O)O)s2)no1. The van der Waals surface area contributed by atoms with Gasteiger partial charge < -0.3 is 14.9 Å². The van der Waals surface area contributed by atoms with Crippen molar-refractivity contribution in [3.8, 4) is 0 Å². The highest BCUT2D eigenvalue weighted by atomic mass is 32.1. The lowest BCUT2D eigenvalue weighted by Crippen LogP contribution is -2.22. The molecule has 0 aliphatic heterocycles. The van der Waals surface area contributed by atoms with Crippen LogP contribution in [0, 0.1) is 13.8 Å². The van der Waals surface area contributed by atoms with Crippen LogP contribution in [0.1, 0.15) is 31.8 Å². The van der Waals surface area contributed by atoms with Gasteiger partial charge in [-0.25, -0.2) is 4.79 Å². The molecule has 0 radical (unpaired) electrons. The minimum absolute atomic E-state index is 0.174. The van der Waals surface area contributed by atoms with Gasteiger partial charge in [-0.05, 0) is 24.6 Å². The summed E-state index contributed by atoms with van der Waals surface area (Å²) >= 11 is 1.22. The van der Waals surface area contributed by atoms with Gasteiger partial charge in [-0.3, -0.25) is 4.79 Å². The van der Waals surface area contributed by atoms with Crippen LogP contribution in [0.25, 0.3) is 6.08 Å². The Hall–Kier alpha value is -2.48. The minimum Gasteiger partial charge on any atom is -0.478 e. The van der Waals surface area contributed by atoms with Crippen molar-refractivity contribution >= 4 is 29.3 Å². The van der Waals surface area contributed by atoms with E-state index in [0.29, 0.717) is 16.6 Å². The molecule has 2 rings (SSSR count). The molecule has 2 aromatic heterocycles. The number of carboxylic acids is 1. The quantitative estimate of drug-likeness (QED) is 0.816. The first kappa shape index (κ1) is 14.9. The molecule has 0 spiro atoms. The largest absolute Gasteiger partial charge is 0.478 e. The first-order chi connectivity index (χ1) is 9.95. The van der Waals surface area contributed by atoms with Gasteiger partial charge in [0.25, 0.3) is 5.91 Å². The lowest BCUT2D eigenvalue weighted by Gasteiger charge is -1.98. The summed E-state index contributed by atoms with van der Waals surface area (Å²) in [6.07, 6.45) is 2.52. The number of hydrogen-bond acceptors (Lipinski definition) is 6. The molecule has 0 atom stereocenters. The van der Waals surface area contributed by atoms with Crippen molar-refractivity contribution in [3.63, 3.8) is 0 Å². The van der Waals surface area contributed by atoms with Gasteiger partial charge in [0.15, 0.2) is 5.82 Å². The molecular weight excluding hydrogens is 294 g/mol. The summed E-state index contributed by atoms with van der Waals surface area (Å²) in [5.74, 6) is -0.450. The number of aliphatic carboxylic acids is 1. The summed E-state index contributed by atoms with van der Waals surface area (Å²) in [4.78, 5) is 27.7. The van der Waals surface area contributed by atoms with Crippen molar-refractivity contribution in [2.75, 3.05) is 0 Å². The van der Waals surface area contributed by atoms with Crippen molar-refractivity contribution in [1.29, 1.82) is 0 Å². The molecule has 110 valence electrons. The van der Waals surface area contributed by atoms with Gasteiger partial charge in [-0.15, -0.1) is 11.3 Å². The van der Waals surface area contributed by atoms with Crippen LogP contribution in [0.2, 0.25) is 0 Å². The average molecular weight is 307 g/mol. The molecule has 21 heavy (non-hydrogen) atoms. The standard InChI is InChI=1S/C13H13N3O4S/c1-7-5-10(21-9(7)3-4-12(17)18)13(19)14-6-11-15-8(2)20-16-11/h3-5H,6H2,1-2H3,(H,14,19)(H,17,18)/b4-3+. The molecule has 0 saturated carbocycles. The van der Waals surface area contributed by atoms with Crippen LogP contribution in [0.15, 0.2) is 16.7 Å². The first-order valence-corrected chi connectivity index (χ1v) is 6.86. The number of nitrogens with zero attached hydrogens (tertiary/aromatic N) is 2. The van der Waals surface area contributed by atoms with E-state index in [1.165, 1.54) is 17.4 Å². The van der Waals surface area contributed by atoms with Crippen LogP contribution in [-0.4, -0.2) is 27.1 Å². The highest BCUT2D eigenvalue weighted by Crippen LogP contribution is 2.23. The van der Waals surface area contributed by atoms with E-state index < -0.39 is 5.97 Å². The molecule has 0 bridgehead atoms. The Morgan fingerprint density at radius 3 is 2.86 bits per heavy atom. The van der Waals surface area contributed by atoms with Crippen molar-refractivity contribution < 1.29 is 19.2 Å². The summed E-state index contributed by atoms with van der Waals surface area (Å²) in [5, 5.41) is 15.0. The number of rotatable bonds is 5. The maximum absolute atomic E-state index is 12.0. The number of nitrogens with one attached hydrogen (secondary N) is 1.